The predicted molar refractivity (Wildman–Crippen MR) is 101 cm³/mol. The summed E-state index contributed by atoms with van der Waals surface area (Å²) < 4.78 is 9.44. The molecule has 0 unspecified atom stereocenters. The molecule has 0 bridgehead atoms. The van der Waals surface area contributed by atoms with Gasteiger partial charge in [-0.05, 0) is 37.3 Å². The molecule has 4 rings (SSSR count). The van der Waals surface area contributed by atoms with Crippen LogP contribution in [0, 0.1) is 0 Å². The Morgan fingerprint density at radius 3 is 2.89 bits per heavy atom. The molecular weight excluding hydrogens is 368 g/mol. The van der Waals surface area contributed by atoms with E-state index < -0.39 is 5.69 Å². The first-order chi connectivity index (χ1) is 13.0. The average molecular weight is 388 g/mol. The van der Waals surface area contributed by atoms with E-state index in [0.29, 0.717) is 22.5 Å². The number of thiophene rings is 1. The topological polar surface area (TPSA) is 88.1 Å². The minimum atomic E-state index is -0.424. The van der Waals surface area contributed by atoms with Gasteiger partial charge in [0, 0.05) is 25.5 Å². The molecular formula is C18H20N4O4S. The lowest BCUT2D eigenvalue weighted by molar-refractivity contribution is 0.0501. The molecule has 0 amide bonds. The van der Waals surface area contributed by atoms with Gasteiger partial charge in [-0.2, -0.15) is 0 Å². The van der Waals surface area contributed by atoms with Crippen LogP contribution in [-0.4, -0.2) is 31.3 Å². The largest absolute Gasteiger partial charge is 0.461 e. The molecule has 3 aromatic rings. The third kappa shape index (κ3) is 3.01. The summed E-state index contributed by atoms with van der Waals surface area (Å²) in [5, 5.41) is 0. The standard InChI is InChI=1S/C18H20N4O4S/c1-20-10-19-15-14(20)16(23)22(18(25)21(15)2)7-4-8-26-17(24)13-9-11-5-3-6-12(11)27-13/h9-10H,3-8H2,1-2H3. The highest BCUT2D eigenvalue weighted by molar-refractivity contribution is 7.14. The van der Waals surface area contributed by atoms with Crippen molar-refractivity contribution in [1.82, 2.24) is 18.7 Å². The minimum absolute atomic E-state index is 0.153. The van der Waals surface area contributed by atoms with E-state index in [1.54, 1.807) is 18.7 Å². The number of imidazole rings is 1. The van der Waals surface area contributed by atoms with Gasteiger partial charge in [-0.3, -0.25) is 13.9 Å². The Hall–Kier alpha value is -2.68. The van der Waals surface area contributed by atoms with Gasteiger partial charge >= 0.3 is 11.7 Å². The molecule has 0 radical (unpaired) electrons. The number of aromatic nitrogens is 4. The summed E-state index contributed by atoms with van der Waals surface area (Å²) >= 11 is 1.50. The molecule has 1 aliphatic carbocycles. The number of carbonyl (C=O) groups excluding carboxylic acids is 1. The van der Waals surface area contributed by atoms with Crippen molar-refractivity contribution in [2.45, 2.75) is 32.2 Å². The molecule has 1 aliphatic rings. The van der Waals surface area contributed by atoms with Crippen molar-refractivity contribution in [1.29, 1.82) is 0 Å². The third-order valence-corrected chi connectivity index (χ3v) is 6.13. The normalized spacial score (nSPS) is 13.3. The monoisotopic (exact) mass is 388 g/mol. The van der Waals surface area contributed by atoms with Gasteiger partial charge in [-0.25, -0.2) is 14.6 Å². The fourth-order valence-electron chi connectivity index (χ4n) is 3.48. The van der Waals surface area contributed by atoms with Crippen LogP contribution in [0.3, 0.4) is 0 Å². The van der Waals surface area contributed by atoms with E-state index >= 15 is 0 Å². The predicted octanol–water partition coefficient (Wildman–Crippen LogP) is 1.23. The van der Waals surface area contributed by atoms with Crippen molar-refractivity contribution in [3.05, 3.63) is 48.5 Å². The lowest BCUT2D eigenvalue weighted by atomic mass is 10.2. The van der Waals surface area contributed by atoms with Crippen molar-refractivity contribution >= 4 is 28.5 Å². The molecule has 8 nitrogen and oxygen atoms in total. The van der Waals surface area contributed by atoms with Crippen LogP contribution in [0.5, 0.6) is 0 Å². The van der Waals surface area contributed by atoms with Crippen LogP contribution < -0.4 is 11.2 Å². The first-order valence-corrected chi connectivity index (χ1v) is 9.68. The van der Waals surface area contributed by atoms with E-state index in [9.17, 15) is 14.4 Å². The van der Waals surface area contributed by atoms with Crippen molar-refractivity contribution in [3.63, 3.8) is 0 Å². The maximum absolute atomic E-state index is 12.6. The summed E-state index contributed by atoms with van der Waals surface area (Å²) in [6.07, 6.45) is 5.12. The van der Waals surface area contributed by atoms with Gasteiger partial charge in [0.15, 0.2) is 11.2 Å². The Morgan fingerprint density at radius 2 is 2.11 bits per heavy atom. The molecule has 9 heteroatoms. The van der Waals surface area contributed by atoms with Crippen molar-refractivity contribution in [2.75, 3.05) is 6.61 Å². The van der Waals surface area contributed by atoms with E-state index in [1.807, 2.05) is 6.07 Å². The zero-order valence-corrected chi connectivity index (χ0v) is 16.0. The summed E-state index contributed by atoms with van der Waals surface area (Å²) in [5.74, 6) is -0.336. The number of hydrogen-bond acceptors (Lipinski definition) is 6. The molecule has 0 spiro atoms. The number of ether oxygens (including phenoxy) is 1. The second-order valence-corrected chi connectivity index (χ2v) is 7.86. The number of nitrogens with zero attached hydrogens (tertiary/aromatic N) is 4. The Kier molecular flexibility index (Phi) is 4.47. The molecule has 0 aliphatic heterocycles. The quantitative estimate of drug-likeness (QED) is 0.485. The summed E-state index contributed by atoms with van der Waals surface area (Å²) in [4.78, 5) is 43.2. The molecule has 142 valence electrons. The average Bonchev–Trinajstić information content (AvgIpc) is 3.33. The Labute approximate surface area is 158 Å². The number of carbonyl (C=O) groups is 1. The van der Waals surface area contributed by atoms with E-state index in [0.717, 1.165) is 23.8 Å². The Morgan fingerprint density at radius 1 is 1.30 bits per heavy atom. The number of aryl methyl sites for hydroxylation is 4. The molecule has 3 heterocycles. The molecule has 0 saturated heterocycles. The lowest BCUT2D eigenvalue weighted by Gasteiger charge is -2.09. The van der Waals surface area contributed by atoms with Crippen molar-refractivity contribution in [2.24, 2.45) is 14.1 Å². The summed E-state index contributed by atoms with van der Waals surface area (Å²) in [6, 6.07) is 1.92. The summed E-state index contributed by atoms with van der Waals surface area (Å²) in [7, 11) is 3.30. The highest BCUT2D eigenvalue weighted by atomic mass is 32.1. The van der Waals surface area contributed by atoms with Crippen molar-refractivity contribution < 1.29 is 9.53 Å². The van der Waals surface area contributed by atoms with Gasteiger partial charge in [0.05, 0.1) is 12.9 Å². The van der Waals surface area contributed by atoms with Crippen LogP contribution in [0.4, 0.5) is 0 Å². The Balaban J connectivity index is 1.43. The highest BCUT2D eigenvalue weighted by Gasteiger charge is 2.19. The van der Waals surface area contributed by atoms with Gasteiger partial charge in [-0.15, -0.1) is 11.3 Å². The SMILES string of the molecule is Cn1cnc2c1c(=O)n(CCCOC(=O)c1cc3c(s1)CCC3)c(=O)n2C. The maximum atomic E-state index is 12.6. The number of esters is 1. The van der Waals surface area contributed by atoms with E-state index in [1.165, 1.54) is 32.7 Å². The van der Waals surface area contributed by atoms with Gasteiger partial charge in [0.1, 0.15) is 4.88 Å². The molecule has 0 saturated carbocycles. The molecule has 0 aromatic carbocycles. The molecule has 3 aromatic heterocycles. The van der Waals surface area contributed by atoms with E-state index in [2.05, 4.69) is 4.98 Å². The van der Waals surface area contributed by atoms with Gasteiger partial charge < -0.3 is 9.30 Å². The second-order valence-electron chi connectivity index (χ2n) is 6.73. The number of rotatable bonds is 5. The van der Waals surface area contributed by atoms with E-state index in [4.69, 9.17) is 4.74 Å². The molecule has 0 atom stereocenters. The molecule has 0 fully saturated rings. The van der Waals surface area contributed by atoms with Gasteiger partial charge in [0.25, 0.3) is 5.56 Å². The number of fused-ring (bicyclic) bond motifs is 2. The van der Waals surface area contributed by atoms with Gasteiger partial charge in [-0.1, -0.05) is 0 Å². The van der Waals surface area contributed by atoms with Crippen LogP contribution in [0.15, 0.2) is 22.0 Å². The van der Waals surface area contributed by atoms with Crippen LogP contribution in [-0.2, 0) is 38.2 Å². The fraction of sp³-hybridized carbons (Fsp3) is 0.444. The zero-order valence-electron chi connectivity index (χ0n) is 15.2. The first kappa shape index (κ1) is 17.7. The smallest absolute Gasteiger partial charge is 0.348 e. The van der Waals surface area contributed by atoms with Crippen LogP contribution in [0.1, 0.15) is 33.0 Å². The second kappa shape index (κ2) is 6.80. The Bertz CT molecular complexity index is 1130. The first-order valence-electron chi connectivity index (χ1n) is 8.87. The highest BCUT2D eigenvalue weighted by Crippen LogP contribution is 2.30. The van der Waals surface area contributed by atoms with Gasteiger partial charge in [0.2, 0.25) is 0 Å². The maximum Gasteiger partial charge on any atom is 0.348 e. The lowest BCUT2D eigenvalue weighted by Crippen LogP contribution is -2.39. The third-order valence-electron chi connectivity index (χ3n) is 4.91. The van der Waals surface area contributed by atoms with Crippen LogP contribution in [0.25, 0.3) is 11.2 Å². The minimum Gasteiger partial charge on any atom is -0.461 e. The zero-order chi connectivity index (χ0) is 19.1. The molecule has 0 N–H and O–H groups in total. The fourth-order valence-corrected chi connectivity index (χ4v) is 4.63. The van der Waals surface area contributed by atoms with E-state index in [-0.39, 0.29) is 24.7 Å². The summed E-state index contributed by atoms with van der Waals surface area (Å²) in [6.45, 7) is 0.335. The van der Waals surface area contributed by atoms with Crippen LogP contribution in [0.2, 0.25) is 0 Å². The summed E-state index contributed by atoms with van der Waals surface area (Å²) in [5.41, 5.74) is 1.19. The van der Waals surface area contributed by atoms with Crippen molar-refractivity contribution in [3.8, 4) is 0 Å². The van der Waals surface area contributed by atoms with Crippen LogP contribution >= 0.6 is 11.3 Å². The molecule has 27 heavy (non-hydrogen) atoms. The number of hydrogen-bond donors (Lipinski definition) is 0.